The van der Waals surface area contributed by atoms with Crippen molar-refractivity contribution in [3.63, 3.8) is 0 Å². The van der Waals surface area contributed by atoms with Gasteiger partial charge in [-0.25, -0.2) is 4.63 Å². The van der Waals surface area contributed by atoms with Crippen molar-refractivity contribution in [2.75, 3.05) is 5.73 Å². The summed E-state index contributed by atoms with van der Waals surface area (Å²) in [7, 11) is 0. The number of rotatable bonds is 3. The number of amidine groups is 1. The lowest BCUT2D eigenvalue weighted by Gasteiger charge is -1.95. The number of phenolic OH excluding ortho intramolecular Hbond substituents is 1. The van der Waals surface area contributed by atoms with Gasteiger partial charge in [-0.2, -0.15) is 5.10 Å². The van der Waals surface area contributed by atoms with Crippen LogP contribution < -0.4 is 11.5 Å². The fraction of sp³-hybridized carbons (Fsp3) is 0. The number of hydrogen-bond acceptors (Lipinski definition) is 7. The van der Waals surface area contributed by atoms with E-state index < -0.39 is 0 Å². The summed E-state index contributed by atoms with van der Waals surface area (Å²) in [5.41, 5.74) is 11.6. The molecule has 0 aliphatic rings. The van der Waals surface area contributed by atoms with Crippen LogP contribution in [0.4, 0.5) is 5.82 Å². The van der Waals surface area contributed by atoms with Crippen LogP contribution >= 0.6 is 0 Å². The Morgan fingerprint density at radius 3 is 2.78 bits per heavy atom. The summed E-state index contributed by atoms with van der Waals surface area (Å²) in [4.78, 5) is 0. The van der Waals surface area contributed by atoms with Gasteiger partial charge in [0.2, 0.25) is 0 Å². The van der Waals surface area contributed by atoms with E-state index in [1.165, 1.54) is 12.3 Å². The van der Waals surface area contributed by atoms with E-state index in [-0.39, 0.29) is 23.1 Å². The van der Waals surface area contributed by atoms with Gasteiger partial charge in [0, 0.05) is 5.56 Å². The van der Waals surface area contributed by atoms with E-state index in [9.17, 15) is 5.11 Å². The van der Waals surface area contributed by atoms with Crippen LogP contribution in [0.25, 0.3) is 0 Å². The summed E-state index contributed by atoms with van der Waals surface area (Å²) in [6.07, 6.45) is 1.35. The molecule has 0 amide bonds. The number of aromatic nitrogens is 2. The molecule has 1 aromatic heterocycles. The minimum atomic E-state index is -0.0274. The zero-order valence-electron chi connectivity index (χ0n) is 9.19. The summed E-state index contributed by atoms with van der Waals surface area (Å²) in [5, 5.41) is 23.7. The lowest BCUT2D eigenvalue weighted by Crippen LogP contribution is -2.15. The molecule has 0 saturated carbocycles. The van der Waals surface area contributed by atoms with Crippen molar-refractivity contribution in [1.29, 1.82) is 0 Å². The minimum Gasteiger partial charge on any atom is -0.507 e. The Morgan fingerprint density at radius 1 is 1.33 bits per heavy atom. The maximum absolute atomic E-state index is 9.48. The molecule has 0 aliphatic heterocycles. The number of benzene rings is 1. The number of para-hydroxylation sites is 1. The zero-order chi connectivity index (χ0) is 13.0. The maximum atomic E-state index is 9.48. The Bertz CT molecular complexity index is 604. The number of nitrogen functional groups attached to an aromatic ring is 1. The van der Waals surface area contributed by atoms with Crippen molar-refractivity contribution in [3.8, 4) is 5.75 Å². The van der Waals surface area contributed by atoms with Crippen LogP contribution in [0.5, 0.6) is 5.75 Å². The quantitative estimate of drug-likeness (QED) is 0.399. The third kappa shape index (κ3) is 2.43. The van der Waals surface area contributed by atoms with Crippen LogP contribution in [0.1, 0.15) is 11.3 Å². The van der Waals surface area contributed by atoms with Gasteiger partial charge in [0.05, 0.1) is 6.21 Å². The topological polar surface area (TPSA) is 136 Å². The third-order valence-electron chi connectivity index (χ3n) is 2.06. The van der Waals surface area contributed by atoms with Gasteiger partial charge in [-0.15, -0.1) is 5.10 Å². The first kappa shape index (κ1) is 11.6. The molecule has 2 aromatic rings. The third-order valence-corrected chi connectivity index (χ3v) is 2.06. The Labute approximate surface area is 102 Å². The highest BCUT2D eigenvalue weighted by Crippen LogP contribution is 2.12. The first-order valence-corrected chi connectivity index (χ1v) is 4.91. The fourth-order valence-corrected chi connectivity index (χ4v) is 1.17. The van der Waals surface area contributed by atoms with E-state index in [4.69, 9.17) is 11.5 Å². The highest BCUT2D eigenvalue weighted by molar-refractivity contribution is 5.99. The maximum Gasteiger partial charge on any atom is 0.199 e. The Kier molecular flexibility index (Phi) is 3.19. The second kappa shape index (κ2) is 4.95. The molecule has 0 saturated heterocycles. The molecule has 1 aromatic carbocycles. The minimum absolute atomic E-state index is 0.0274. The molecule has 18 heavy (non-hydrogen) atoms. The number of phenols is 1. The monoisotopic (exact) mass is 246 g/mol. The molecule has 1 heterocycles. The van der Waals surface area contributed by atoms with Crippen molar-refractivity contribution in [2.24, 2.45) is 15.9 Å². The Hall–Kier alpha value is -2.90. The molecule has 8 nitrogen and oxygen atoms in total. The first-order chi connectivity index (χ1) is 8.68. The Balaban J connectivity index is 2.16. The van der Waals surface area contributed by atoms with Crippen molar-refractivity contribution in [3.05, 3.63) is 35.5 Å². The summed E-state index contributed by atoms with van der Waals surface area (Å²) in [6, 6.07) is 6.67. The van der Waals surface area contributed by atoms with E-state index in [1.807, 2.05) is 0 Å². The normalized spacial score (nSPS) is 12.1. The lowest BCUT2D eigenvalue weighted by atomic mass is 10.2. The second-order valence-corrected chi connectivity index (χ2v) is 3.29. The molecule has 8 heteroatoms. The number of nitrogens with zero attached hydrogens (tertiary/aromatic N) is 4. The van der Waals surface area contributed by atoms with Crippen LogP contribution in [0.2, 0.25) is 0 Å². The largest absolute Gasteiger partial charge is 0.507 e. The second-order valence-electron chi connectivity index (χ2n) is 3.29. The highest BCUT2D eigenvalue weighted by Gasteiger charge is 2.09. The van der Waals surface area contributed by atoms with Crippen LogP contribution in [-0.4, -0.2) is 27.5 Å². The smallest absolute Gasteiger partial charge is 0.199 e. The Morgan fingerprint density at radius 2 is 2.11 bits per heavy atom. The van der Waals surface area contributed by atoms with E-state index >= 15 is 0 Å². The van der Waals surface area contributed by atoms with Crippen molar-refractivity contribution in [1.82, 2.24) is 10.3 Å². The number of hydrogen-bond donors (Lipinski definition) is 3. The summed E-state index contributed by atoms with van der Waals surface area (Å²) >= 11 is 0. The molecule has 0 fully saturated rings. The average Bonchev–Trinajstić information content (AvgIpc) is 2.78. The molecule has 2 rings (SSSR count). The van der Waals surface area contributed by atoms with Gasteiger partial charge >= 0.3 is 0 Å². The fourth-order valence-electron chi connectivity index (χ4n) is 1.17. The molecule has 0 spiro atoms. The highest BCUT2D eigenvalue weighted by atomic mass is 16.6. The van der Waals surface area contributed by atoms with Crippen LogP contribution in [0.3, 0.4) is 0 Å². The van der Waals surface area contributed by atoms with Gasteiger partial charge in [-0.1, -0.05) is 12.1 Å². The molecule has 0 unspecified atom stereocenters. The lowest BCUT2D eigenvalue weighted by molar-refractivity contribution is 0.308. The van der Waals surface area contributed by atoms with Gasteiger partial charge in [-0.05, 0) is 22.4 Å². The molecule has 0 aliphatic carbocycles. The van der Waals surface area contributed by atoms with Gasteiger partial charge in [-0.3, -0.25) is 0 Å². The van der Waals surface area contributed by atoms with E-state index in [1.54, 1.807) is 18.2 Å². The van der Waals surface area contributed by atoms with E-state index in [2.05, 4.69) is 25.1 Å². The standard InChI is InChI=1S/C10H10N6O2/c11-9(8-10(12)16-18-15-8)14-13-5-6-3-1-2-4-7(6)17/h1-5,17H,(H2,11,14)(H2,12,16)/b13-5+. The van der Waals surface area contributed by atoms with Gasteiger partial charge in [0.1, 0.15) is 5.75 Å². The molecule has 0 bridgehead atoms. The number of nitrogens with two attached hydrogens (primary N) is 2. The van der Waals surface area contributed by atoms with Crippen LogP contribution in [0, 0.1) is 0 Å². The zero-order valence-corrected chi connectivity index (χ0v) is 9.19. The van der Waals surface area contributed by atoms with Gasteiger partial charge in [0.25, 0.3) is 0 Å². The average molecular weight is 246 g/mol. The molecule has 0 atom stereocenters. The van der Waals surface area contributed by atoms with Crippen LogP contribution in [-0.2, 0) is 0 Å². The molecular weight excluding hydrogens is 236 g/mol. The van der Waals surface area contributed by atoms with Crippen LogP contribution in [0.15, 0.2) is 39.1 Å². The molecule has 0 radical (unpaired) electrons. The van der Waals surface area contributed by atoms with E-state index in [0.29, 0.717) is 5.56 Å². The first-order valence-electron chi connectivity index (χ1n) is 4.91. The molecule has 5 N–H and O–H groups in total. The predicted octanol–water partition coefficient (Wildman–Crippen LogP) is 0.0968. The molecule has 92 valence electrons. The molecular formula is C10H10N6O2. The number of anilines is 1. The van der Waals surface area contributed by atoms with Crippen molar-refractivity contribution in [2.45, 2.75) is 0 Å². The van der Waals surface area contributed by atoms with E-state index in [0.717, 1.165) is 0 Å². The summed E-state index contributed by atoms with van der Waals surface area (Å²) < 4.78 is 4.37. The summed E-state index contributed by atoms with van der Waals surface area (Å²) in [6.45, 7) is 0. The van der Waals surface area contributed by atoms with Crippen molar-refractivity contribution >= 4 is 17.9 Å². The SMILES string of the molecule is N/C(=N\N=C\c1ccccc1O)c1nonc1N. The summed E-state index contributed by atoms with van der Waals surface area (Å²) in [5.74, 6) is 0.104. The predicted molar refractivity (Wildman–Crippen MR) is 65.1 cm³/mol. The number of aromatic hydroxyl groups is 1. The van der Waals surface area contributed by atoms with Gasteiger partial charge in [0.15, 0.2) is 17.3 Å². The van der Waals surface area contributed by atoms with Crippen molar-refractivity contribution < 1.29 is 9.74 Å². The van der Waals surface area contributed by atoms with Gasteiger partial charge < -0.3 is 16.6 Å².